The van der Waals surface area contributed by atoms with E-state index in [9.17, 15) is 4.79 Å². The Kier molecular flexibility index (Phi) is 5.68. The van der Waals surface area contributed by atoms with Crippen molar-refractivity contribution in [1.82, 2.24) is 0 Å². The fraction of sp³-hybridized carbons (Fsp3) is 0.278. The molecule has 3 rings (SSSR count). The fourth-order valence-electron chi connectivity index (χ4n) is 2.34. The molecule has 0 saturated carbocycles. The van der Waals surface area contributed by atoms with Crippen LogP contribution in [0.4, 0.5) is 5.69 Å². The van der Waals surface area contributed by atoms with Gasteiger partial charge in [0.2, 0.25) is 12.7 Å². The molecule has 0 saturated heterocycles. The first-order valence-electron chi connectivity index (χ1n) is 7.70. The monoisotopic (exact) mass is 407 g/mol. The summed E-state index contributed by atoms with van der Waals surface area (Å²) >= 11 is 5.10. The van der Waals surface area contributed by atoms with Crippen molar-refractivity contribution in [3.05, 3.63) is 52.0 Å². The summed E-state index contributed by atoms with van der Waals surface area (Å²) < 4.78 is 11.7. The molecule has 24 heavy (non-hydrogen) atoms. The number of benzene rings is 2. The fourth-order valence-corrected chi connectivity index (χ4v) is 3.81. The van der Waals surface area contributed by atoms with E-state index in [1.54, 1.807) is 11.8 Å². The van der Waals surface area contributed by atoms with Crippen LogP contribution in [0.2, 0.25) is 0 Å². The zero-order valence-electron chi connectivity index (χ0n) is 13.3. The SMILES string of the molecule is CCc1ccc(NC(=O)CSCc2cc3c(cc2Br)OCO3)cc1. The zero-order chi connectivity index (χ0) is 16.9. The Morgan fingerprint density at radius 3 is 2.62 bits per heavy atom. The first-order chi connectivity index (χ1) is 11.7. The number of hydrogen-bond donors (Lipinski definition) is 1. The molecule has 0 atom stereocenters. The molecule has 1 amide bonds. The minimum Gasteiger partial charge on any atom is -0.454 e. The van der Waals surface area contributed by atoms with Gasteiger partial charge in [-0.05, 0) is 41.8 Å². The van der Waals surface area contributed by atoms with Crippen molar-refractivity contribution in [2.45, 2.75) is 19.1 Å². The molecule has 4 nitrogen and oxygen atoms in total. The lowest BCUT2D eigenvalue weighted by Crippen LogP contribution is -2.14. The second kappa shape index (κ2) is 7.94. The molecule has 0 fully saturated rings. The summed E-state index contributed by atoms with van der Waals surface area (Å²) in [6.45, 7) is 2.37. The quantitative estimate of drug-likeness (QED) is 0.758. The van der Waals surface area contributed by atoms with Crippen LogP contribution in [-0.4, -0.2) is 18.5 Å². The summed E-state index contributed by atoms with van der Waals surface area (Å²) in [6.07, 6.45) is 0.995. The van der Waals surface area contributed by atoms with Gasteiger partial charge in [-0.25, -0.2) is 0 Å². The average Bonchev–Trinajstić information content (AvgIpc) is 3.02. The number of hydrogen-bond acceptors (Lipinski definition) is 4. The molecule has 0 aliphatic carbocycles. The van der Waals surface area contributed by atoms with Gasteiger partial charge >= 0.3 is 0 Å². The third-order valence-electron chi connectivity index (χ3n) is 3.68. The predicted molar refractivity (Wildman–Crippen MR) is 101 cm³/mol. The van der Waals surface area contributed by atoms with Crippen molar-refractivity contribution in [2.75, 3.05) is 17.9 Å². The summed E-state index contributed by atoms with van der Waals surface area (Å²) in [5.74, 6) is 2.63. The minimum atomic E-state index is 0.00103. The van der Waals surface area contributed by atoms with Gasteiger partial charge in [0.15, 0.2) is 11.5 Å². The average molecular weight is 408 g/mol. The van der Waals surface area contributed by atoms with Crippen molar-refractivity contribution in [1.29, 1.82) is 0 Å². The second-order valence-electron chi connectivity index (χ2n) is 5.39. The number of carbonyl (C=O) groups is 1. The molecule has 1 aliphatic rings. The summed E-state index contributed by atoms with van der Waals surface area (Å²) in [4.78, 5) is 12.0. The van der Waals surface area contributed by atoms with E-state index < -0.39 is 0 Å². The lowest BCUT2D eigenvalue weighted by atomic mass is 10.1. The Hall–Kier alpha value is -1.66. The van der Waals surface area contributed by atoms with E-state index in [-0.39, 0.29) is 12.7 Å². The number of rotatable bonds is 6. The highest BCUT2D eigenvalue weighted by atomic mass is 79.9. The first-order valence-corrected chi connectivity index (χ1v) is 9.65. The lowest BCUT2D eigenvalue weighted by molar-refractivity contribution is -0.113. The standard InChI is InChI=1S/C18H18BrNO3S/c1-2-12-3-5-14(6-4-12)20-18(21)10-24-9-13-7-16-17(8-15(13)19)23-11-22-16/h3-8H,2,9-11H2,1H3,(H,20,21). The Morgan fingerprint density at radius 2 is 1.92 bits per heavy atom. The molecule has 1 N–H and O–H groups in total. The molecule has 126 valence electrons. The number of ether oxygens (including phenoxy) is 2. The topological polar surface area (TPSA) is 47.6 Å². The van der Waals surface area contributed by atoms with Crippen molar-refractivity contribution in [3.63, 3.8) is 0 Å². The van der Waals surface area contributed by atoms with Crippen LogP contribution in [0.1, 0.15) is 18.1 Å². The van der Waals surface area contributed by atoms with Gasteiger partial charge in [0.25, 0.3) is 0 Å². The number of anilines is 1. The highest BCUT2D eigenvalue weighted by molar-refractivity contribution is 9.10. The van der Waals surface area contributed by atoms with E-state index in [4.69, 9.17) is 9.47 Å². The van der Waals surface area contributed by atoms with Crippen LogP contribution >= 0.6 is 27.7 Å². The molecular weight excluding hydrogens is 390 g/mol. The van der Waals surface area contributed by atoms with Crippen LogP contribution in [-0.2, 0) is 17.0 Å². The third kappa shape index (κ3) is 4.24. The number of carbonyl (C=O) groups excluding carboxylic acids is 1. The van der Waals surface area contributed by atoms with Gasteiger partial charge in [-0.2, -0.15) is 0 Å². The molecule has 0 aromatic heterocycles. The number of thioether (sulfide) groups is 1. The summed E-state index contributed by atoms with van der Waals surface area (Å²) in [5, 5.41) is 2.92. The van der Waals surface area contributed by atoms with Gasteiger partial charge in [0.05, 0.1) is 5.75 Å². The van der Waals surface area contributed by atoms with Crippen LogP contribution in [0.25, 0.3) is 0 Å². The molecule has 0 bridgehead atoms. The number of amides is 1. The Labute approximate surface area is 154 Å². The van der Waals surface area contributed by atoms with Gasteiger partial charge in [-0.3, -0.25) is 4.79 Å². The van der Waals surface area contributed by atoms with E-state index >= 15 is 0 Å². The number of aryl methyl sites for hydroxylation is 1. The second-order valence-corrected chi connectivity index (χ2v) is 7.23. The number of fused-ring (bicyclic) bond motifs is 1. The number of nitrogens with one attached hydrogen (secondary N) is 1. The van der Waals surface area contributed by atoms with E-state index in [0.717, 1.165) is 39.4 Å². The van der Waals surface area contributed by atoms with Crippen molar-refractivity contribution < 1.29 is 14.3 Å². The molecule has 1 heterocycles. The number of halogens is 1. The predicted octanol–water partition coefficient (Wildman–Crippen LogP) is 4.61. The maximum Gasteiger partial charge on any atom is 0.234 e. The Bertz CT molecular complexity index is 734. The molecular formula is C18H18BrNO3S. The molecule has 0 unspecified atom stereocenters. The summed E-state index contributed by atoms with van der Waals surface area (Å²) in [5.41, 5.74) is 3.18. The highest BCUT2D eigenvalue weighted by Gasteiger charge is 2.16. The van der Waals surface area contributed by atoms with Crippen LogP contribution in [0.15, 0.2) is 40.9 Å². The lowest BCUT2D eigenvalue weighted by Gasteiger charge is -2.08. The van der Waals surface area contributed by atoms with Crippen LogP contribution < -0.4 is 14.8 Å². The maximum atomic E-state index is 12.0. The largest absolute Gasteiger partial charge is 0.454 e. The molecule has 1 aliphatic heterocycles. The van der Waals surface area contributed by atoms with E-state index in [0.29, 0.717) is 5.75 Å². The normalized spacial score (nSPS) is 12.2. The van der Waals surface area contributed by atoms with Gasteiger partial charge in [0, 0.05) is 15.9 Å². The van der Waals surface area contributed by atoms with Crippen LogP contribution in [0.3, 0.4) is 0 Å². The van der Waals surface area contributed by atoms with Gasteiger partial charge in [-0.15, -0.1) is 11.8 Å². The van der Waals surface area contributed by atoms with E-state index in [1.165, 1.54) is 5.56 Å². The molecule has 6 heteroatoms. The summed E-state index contributed by atoms with van der Waals surface area (Å²) in [6, 6.07) is 11.8. The minimum absolute atomic E-state index is 0.00103. The van der Waals surface area contributed by atoms with Crippen LogP contribution in [0.5, 0.6) is 11.5 Å². The summed E-state index contributed by atoms with van der Waals surface area (Å²) in [7, 11) is 0. The van der Waals surface area contributed by atoms with Gasteiger partial charge in [-0.1, -0.05) is 35.0 Å². The van der Waals surface area contributed by atoms with Gasteiger partial charge in [0.1, 0.15) is 0 Å². The van der Waals surface area contributed by atoms with Crippen molar-refractivity contribution in [3.8, 4) is 11.5 Å². The maximum absolute atomic E-state index is 12.0. The molecule has 2 aromatic carbocycles. The Balaban J connectivity index is 1.50. The van der Waals surface area contributed by atoms with Crippen molar-refractivity contribution in [2.24, 2.45) is 0 Å². The highest BCUT2D eigenvalue weighted by Crippen LogP contribution is 2.38. The Morgan fingerprint density at radius 1 is 1.21 bits per heavy atom. The molecule has 0 spiro atoms. The first kappa shape index (κ1) is 17.2. The van der Waals surface area contributed by atoms with E-state index in [2.05, 4.69) is 28.2 Å². The van der Waals surface area contributed by atoms with Crippen LogP contribution in [0, 0.1) is 0 Å². The van der Waals surface area contributed by atoms with Crippen molar-refractivity contribution >= 4 is 39.3 Å². The smallest absolute Gasteiger partial charge is 0.234 e. The zero-order valence-corrected chi connectivity index (χ0v) is 15.7. The molecule has 0 radical (unpaired) electrons. The van der Waals surface area contributed by atoms with Gasteiger partial charge < -0.3 is 14.8 Å². The van der Waals surface area contributed by atoms with E-state index in [1.807, 2.05) is 36.4 Å². The molecule has 2 aromatic rings. The third-order valence-corrected chi connectivity index (χ3v) is 5.40.